The summed E-state index contributed by atoms with van der Waals surface area (Å²) in [6.45, 7) is -2.77. The second-order valence-electron chi connectivity index (χ2n) is 6.21. The number of benzene rings is 2. The summed E-state index contributed by atoms with van der Waals surface area (Å²) in [6, 6.07) is 14.6. The Balaban J connectivity index is 1.60. The predicted octanol–water partition coefficient (Wildman–Crippen LogP) is 5.37. The van der Waals surface area contributed by atoms with Gasteiger partial charge in [0.05, 0.1) is 14.2 Å². The minimum atomic E-state index is -2.99. The van der Waals surface area contributed by atoms with Gasteiger partial charge in [-0.25, -0.2) is 0 Å². The maximum Gasteiger partial charge on any atom is 0.387 e. The first-order valence-electron chi connectivity index (χ1n) is 9.19. The van der Waals surface area contributed by atoms with E-state index in [1.807, 2.05) is 0 Å². The van der Waals surface area contributed by atoms with Crippen LogP contribution in [-0.2, 0) is 6.61 Å². The Bertz CT molecular complexity index is 1040. The first-order chi connectivity index (χ1) is 15.0. The maximum absolute atomic E-state index is 12.4. The van der Waals surface area contributed by atoms with Gasteiger partial charge in [0.2, 0.25) is 0 Å². The third-order valence-corrected chi connectivity index (χ3v) is 4.19. The molecule has 0 fully saturated rings. The van der Waals surface area contributed by atoms with Gasteiger partial charge in [0.1, 0.15) is 29.6 Å². The summed E-state index contributed by atoms with van der Waals surface area (Å²) < 4.78 is 50.5. The number of hydrogen-bond donors (Lipinski definition) is 0. The lowest BCUT2D eigenvalue weighted by atomic mass is 10.1. The molecule has 1 heterocycles. The Morgan fingerprint density at radius 2 is 1.71 bits per heavy atom. The molecule has 0 radical (unpaired) electrons. The van der Waals surface area contributed by atoms with E-state index in [2.05, 4.69) is 4.74 Å². The molecule has 0 unspecified atom stereocenters. The van der Waals surface area contributed by atoms with E-state index in [9.17, 15) is 13.6 Å². The summed E-state index contributed by atoms with van der Waals surface area (Å²) in [5, 5.41) is 0. The molecule has 3 rings (SSSR count). The molecule has 0 aliphatic carbocycles. The summed E-state index contributed by atoms with van der Waals surface area (Å²) in [5.74, 6) is 1.98. The highest BCUT2D eigenvalue weighted by Crippen LogP contribution is 2.29. The standard InChI is InChI=1S/C23H20F2O6/c1-27-16-4-6-17(7-5-16)29-14-19-9-8-18(30-19)10-11-20(26)15-3-12-21(31-23(24)25)22(13-15)28-2/h3-13,23H,14H2,1-2H3/b11-10+. The summed E-state index contributed by atoms with van der Waals surface area (Å²) in [6.07, 6.45) is 2.82. The number of methoxy groups -OCH3 is 2. The first kappa shape index (κ1) is 21.9. The Morgan fingerprint density at radius 3 is 2.39 bits per heavy atom. The summed E-state index contributed by atoms with van der Waals surface area (Å²) in [4.78, 5) is 12.4. The van der Waals surface area contributed by atoms with Crippen LogP contribution in [0.4, 0.5) is 8.78 Å². The van der Waals surface area contributed by atoms with Crippen LogP contribution in [0.25, 0.3) is 6.08 Å². The van der Waals surface area contributed by atoms with Crippen molar-refractivity contribution in [1.29, 1.82) is 0 Å². The summed E-state index contributed by atoms with van der Waals surface area (Å²) in [5.41, 5.74) is 0.254. The molecule has 0 saturated heterocycles. The fraction of sp³-hybridized carbons (Fsp3) is 0.174. The number of furan rings is 1. The SMILES string of the molecule is COc1ccc(OCc2ccc(/C=C/C(=O)c3ccc(OC(F)F)c(OC)c3)o2)cc1. The van der Waals surface area contributed by atoms with Crippen LogP contribution in [0.1, 0.15) is 21.9 Å². The van der Waals surface area contributed by atoms with Crippen molar-refractivity contribution >= 4 is 11.9 Å². The van der Waals surface area contributed by atoms with Gasteiger partial charge in [-0.15, -0.1) is 0 Å². The van der Waals surface area contributed by atoms with Gasteiger partial charge >= 0.3 is 6.61 Å². The average molecular weight is 430 g/mol. The van der Waals surface area contributed by atoms with Gasteiger partial charge in [-0.05, 0) is 66.7 Å². The number of halogens is 2. The van der Waals surface area contributed by atoms with Crippen LogP contribution in [0.15, 0.2) is 65.1 Å². The monoisotopic (exact) mass is 430 g/mol. The molecule has 3 aromatic rings. The van der Waals surface area contributed by atoms with Crippen molar-refractivity contribution in [2.45, 2.75) is 13.2 Å². The number of alkyl halides is 2. The van der Waals surface area contributed by atoms with Gasteiger partial charge in [0.25, 0.3) is 0 Å². The zero-order chi connectivity index (χ0) is 22.2. The van der Waals surface area contributed by atoms with Crippen molar-refractivity contribution in [1.82, 2.24) is 0 Å². The van der Waals surface area contributed by atoms with E-state index in [0.717, 1.165) is 5.75 Å². The van der Waals surface area contributed by atoms with Crippen LogP contribution in [0.5, 0.6) is 23.0 Å². The number of carbonyl (C=O) groups is 1. The fourth-order valence-electron chi connectivity index (χ4n) is 2.66. The molecule has 31 heavy (non-hydrogen) atoms. The second-order valence-corrected chi connectivity index (χ2v) is 6.21. The lowest BCUT2D eigenvalue weighted by molar-refractivity contribution is -0.0512. The van der Waals surface area contributed by atoms with Crippen molar-refractivity contribution < 1.29 is 36.9 Å². The third kappa shape index (κ3) is 6.08. The summed E-state index contributed by atoms with van der Waals surface area (Å²) >= 11 is 0. The van der Waals surface area contributed by atoms with Gasteiger partial charge in [0, 0.05) is 5.56 Å². The molecule has 0 saturated carbocycles. The van der Waals surface area contributed by atoms with Gasteiger partial charge in [-0.1, -0.05) is 0 Å². The molecule has 0 bridgehead atoms. The first-order valence-corrected chi connectivity index (χ1v) is 9.19. The topological polar surface area (TPSA) is 67.1 Å². The molecular weight excluding hydrogens is 410 g/mol. The van der Waals surface area contributed by atoms with E-state index in [4.69, 9.17) is 18.6 Å². The van der Waals surface area contributed by atoms with Crippen LogP contribution in [-0.4, -0.2) is 26.6 Å². The number of hydrogen-bond acceptors (Lipinski definition) is 6. The predicted molar refractivity (Wildman–Crippen MR) is 109 cm³/mol. The zero-order valence-corrected chi connectivity index (χ0v) is 16.8. The van der Waals surface area contributed by atoms with Gasteiger partial charge in [-0.3, -0.25) is 4.79 Å². The fourth-order valence-corrected chi connectivity index (χ4v) is 2.66. The van der Waals surface area contributed by atoms with E-state index in [1.54, 1.807) is 43.5 Å². The summed E-state index contributed by atoms with van der Waals surface area (Å²) in [7, 11) is 2.89. The highest BCUT2D eigenvalue weighted by molar-refractivity contribution is 6.07. The van der Waals surface area contributed by atoms with Crippen molar-refractivity contribution in [2.75, 3.05) is 14.2 Å². The largest absolute Gasteiger partial charge is 0.497 e. The van der Waals surface area contributed by atoms with Crippen LogP contribution in [0.2, 0.25) is 0 Å². The Kier molecular flexibility index (Phi) is 7.26. The van der Waals surface area contributed by atoms with Crippen molar-refractivity contribution in [3.05, 3.63) is 77.8 Å². The highest BCUT2D eigenvalue weighted by Gasteiger charge is 2.13. The van der Waals surface area contributed by atoms with E-state index >= 15 is 0 Å². The van der Waals surface area contributed by atoms with Crippen molar-refractivity contribution in [3.8, 4) is 23.0 Å². The number of ketones is 1. The van der Waals surface area contributed by atoms with Crippen LogP contribution < -0.4 is 18.9 Å². The molecule has 6 nitrogen and oxygen atoms in total. The van der Waals surface area contributed by atoms with Crippen LogP contribution in [0, 0.1) is 0 Å². The average Bonchev–Trinajstić information content (AvgIpc) is 3.24. The molecule has 162 valence electrons. The zero-order valence-electron chi connectivity index (χ0n) is 16.8. The Hall–Kier alpha value is -3.81. The van der Waals surface area contributed by atoms with E-state index in [-0.39, 0.29) is 29.5 Å². The number of allylic oxidation sites excluding steroid dienone is 1. The molecule has 0 spiro atoms. The van der Waals surface area contributed by atoms with E-state index in [0.29, 0.717) is 17.3 Å². The molecule has 2 aromatic carbocycles. The van der Waals surface area contributed by atoms with Crippen molar-refractivity contribution in [3.63, 3.8) is 0 Å². The number of carbonyl (C=O) groups excluding carboxylic acids is 1. The molecule has 0 aliphatic heterocycles. The Labute approximate surface area is 177 Å². The minimum absolute atomic E-state index is 0.0375. The van der Waals surface area contributed by atoms with Gasteiger partial charge < -0.3 is 23.4 Å². The smallest absolute Gasteiger partial charge is 0.387 e. The van der Waals surface area contributed by atoms with Crippen molar-refractivity contribution in [2.24, 2.45) is 0 Å². The van der Waals surface area contributed by atoms with E-state index < -0.39 is 6.61 Å². The molecule has 1 aromatic heterocycles. The molecule has 0 atom stereocenters. The molecule has 0 N–H and O–H groups in total. The number of rotatable bonds is 10. The normalized spacial score (nSPS) is 11.0. The minimum Gasteiger partial charge on any atom is -0.497 e. The van der Waals surface area contributed by atoms with Gasteiger partial charge in [0.15, 0.2) is 17.3 Å². The quantitative estimate of drug-likeness (QED) is 0.318. The van der Waals surface area contributed by atoms with E-state index in [1.165, 1.54) is 37.5 Å². The molecule has 0 aliphatic rings. The Morgan fingerprint density at radius 1 is 0.968 bits per heavy atom. The van der Waals surface area contributed by atoms with Crippen LogP contribution >= 0.6 is 0 Å². The lowest BCUT2D eigenvalue weighted by Crippen LogP contribution is -2.04. The third-order valence-electron chi connectivity index (χ3n) is 4.19. The van der Waals surface area contributed by atoms with Gasteiger partial charge in [-0.2, -0.15) is 8.78 Å². The van der Waals surface area contributed by atoms with Crippen LogP contribution in [0.3, 0.4) is 0 Å². The lowest BCUT2D eigenvalue weighted by Gasteiger charge is -2.10. The molecular formula is C23H20F2O6. The highest BCUT2D eigenvalue weighted by atomic mass is 19.3. The molecule has 0 amide bonds. The number of ether oxygens (including phenoxy) is 4. The second kappa shape index (κ2) is 10.3. The molecule has 8 heteroatoms. The maximum atomic E-state index is 12.4.